The van der Waals surface area contributed by atoms with E-state index >= 15 is 0 Å². The summed E-state index contributed by atoms with van der Waals surface area (Å²) in [5.41, 5.74) is 0. The van der Waals surface area contributed by atoms with Crippen LogP contribution in [0.4, 0.5) is 0 Å². The lowest BCUT2D eigenvalue weighted by Gasteiger charge is -2.21. The quantitative estimate of drug-likeness (QED) is 0.214. The van der Waals surface area contributed by atoms with Gasteiger partial charge in [0, 0.05) is 31.9 Å². The number of aromatic nitrogens is 1. The minimum atomic E-state index is -0.164. The van der Waals surface area contributed by atoms with E-state index in [1.807, 2.05) is 6.92 Å². The highest BCUT2D eigenvalue weighted by molar-refractivity contribution is 14.0. The second-order valence-corrected chi connectivity index (χ2v) is 6.35. The number of pyridine rings is 1. The second-order valence-electron chi connectivity index (χ2n) is 5.91. The van der Waals surface area contributed by atoms with E-state index in [4.69, 9.17) is 21.1 Å². The third-order valence-electron chi connectivity index (χ3n) is 4.05. The van der Waals surface area contributed by atoms with Gasteiger partial charge in [-0.05, 0) is 18.9 Å². The van der Waals surface area contributed by atoms with Crippen LogP contribution in [0.25, 0.3) is 0 Å². The van der Waals surface area contributed by atoms with Crippen LogP contribution >= 0.6 is 35.6 Å². The number of likely N-dealkylation sites (tertiary alicyclic amines) is 1. The summed E-state index contributed by atoms with van der Waals surface area (Å²) in [7, 11) is 1.43. The fraction of sp³-hybridized carbons (Fsp3) is 0.588. The van der Waals surface area contributed by atoms with E-state index in [-0.39, 0.29) is 41.8 Å². The van der Waals surface area contributed by atoms with E-state index in [1.54, 1.807) is 18.3 Å². The Labute approximate surface area is 176 Å². The fourth-order valence-corrected chi connectivity index (χ4v) is 2.88. The molecular weight excluding hydrogens is 471 g/mol. The molecule has 146 valence electrons. The molecule has 0 saturated carbocycles. The Morgan fingerprint density at radius 2 is 2.23 bits per heavy atom. The molecule has 1 aromatic heterocycles. The second kappa shape index (κ2) is 11.4. The van der Waals surface area contributed by atoms with Crippen LogP contribution in [0.15, 0.2) is 23.3 Å². The minimum absolute atomic E-state index is 0. The van der Waals surface area contributed by atoms with E-state index < -0.39 is 0 Å². The molecule has 7 nitrogen and oxygen atoms in total. The highest BCUT2D eigenvalue weighted by atomic mass is 127. The van der Waals surface area contributed by atoms with E-state index in [9.17, 15) is 4.79 Å². The van der Waals surface area contributed by atoms with Gasteiger partial charge in [-0.2, -0.15) is 0 Å². The number of nitrogens with zero attached hydrogens (tertiary/aromatic N) is 3. The van der Waals surface area contributed by atoms with Gasteiger partial charge in [-0.1, -0.05) is 18.5 Å². The van der Waals surface area contributed by atoms with E-state index in [0.717, 1.165) is 19.0 Å². The number of carbonyl (C=O) groups is 1. The first-order valence-corrected chi connectivity index (χ1v) is 8.78. The SMILES string of the molecule is CCNC(=NCCOc1ccc(Cl)cn1)N1CC(C)C(C(=O)OC)C1.I. The summed E-state index contributed by atoms with van der Waals surface area (Å²) in [6.45, 7) is 7.10. The number of guanidine groups is 1. The molecule has 0 radical (unpaired) electrons. The molecule has 0 amide bonds. The number of hydrogen-bond donors (Lipinski definition) is 1. The Hall–Kier alpha value is -1.29. The molecule has 0 aromatic carbocycles. The molecule has 1 N–H and O–H groups in total. The topological polar surface area (TPSA) is 76.1 Å². The summed E-state index contributed by atoms with van der Waals surface area (Å²) in [6, 6.07) is 3.45. The summed E-state index contributed by atoms with van der Waals surface area (Å²) in [4.78, 5) is 22.6. The molecular formula is C17H26ClIN4O3. The van der Waals surface area contributed by atoms with Crippen LogP contribution in [0, 0.1) is 11.8 Å². The van der Waals surface area contributed by atoms with Gasteiger partial charge in [-0.15, -0.1) is 24.0 Å². The Balaban J connectivity index is 0.00000338. The monoisotopic (exact) mass is 496 g/mol. The number of methoxy groups -OCH3 is 1. The number of ether oxygens (including phenoxy) is 2. The van der Waals surface area contributed by atoms with Crippen molar-refractivity contribution in [3.05, 3.63) is 23.4 Å². The highest BCUT2D eigenvalue weighted by Crippen LogP contribution is 2.24. The zero-order chi connectivity index (χ0) is 18.2. The molecule has 1 saturated heterocycles. The lowest BCUT2D eigenvalue weighted by molar-refractivity contribution is -0.145. The third-order valence-corrected chi connectivity index (χ3v) is 4.28. The lowest BCUT2D eigenvalue weighted by Crippen LogP contribution is -2.41. The largest absolute Gasteiger partial charge is 0.476 e. The number of nitrogens with one attached hydrogen (secondary N) is 1. The number of rotatable bonds is 6. The number of esters is 1. The molecule has 9 heteroatoms. The predicted molar refractivity (Wildman–Crippen MR) is 112 cm³/mol. The van der Waals surface area contributed by atoms with Crippen molar-refractivity contribution in [2.24, 2.45) is 16.8 Å². The number of halogens is 2. The van der Waals surface area contributed by atoms with Gasteiger partial charge in [-0.25, -0.2) is 9.98 Å². The molecule has 0 spiro atoms. The molecule has 1 aliphatic heterocycles. The maximum atomic E-state index is 11.8. The Kier molecular flexibility index (Phi) is 10.0. The molecule has 2 unspecified atom stereocenters. The van der Waals surface area contributed by atoms with Gasteiger partial charge in [0.2, 0.25) is 5.88 Å². The van der Waals surface area contributed by atoms with Crippen molar-refractivity contribution in [1.82, 2.24) is 15.2 Å². The van der Waals surface area contributed by atoms with Crippen molar-refractivity contribution in [3.63, 3.8) is 0 Å². The zero-order valence-corrected chi connectivity index (χ0v) is 18.4. The molecule has 0 aliphatic carbocycles. The number of carbonyl (C=O) groups excluding carboxylic acids is 1. The number of hydrogen-bond acceptors (Lipinski definition) is 5. The van der Waals surface area contributed by atoms with E-state index in [1.165, 1.54) is 7.11 Å². The van der Waals surface area contributed by atoms with Crippen LogP contribution in [0.2, 0.25) is 5.02 Å². The van der Waals surface area contributed by atoms with Crippen molar-refractivity contribution < 1.29 is 14.3 Å². The summed E-state index contributed by atoms with van der Waals surface area (Å²) < 4.78 is 10.4. The van der Waals surface area contributed by atoms with Crippen LogP contribution in [-0.4, -0.2) is 61.7 Å². The molecule has 1 aliphatic rings. The molecule has 1 aromatic rings. The summed E-state index contributed by atoms with van der Waals surface area (Å²) in [5.74, 6) is 1.25. The van der Waals surface area contributed by atoms with Gasteiger partial charge in [0.25, 0.3) is 0 Å². The van der Waals surface area contributed by atoms with Gasteiger partial charge in [0.05, 0.1) is 24.6 Å². The maximum absolute atomic E-state index is 11.8. The molecule has 2 heterocycles. The zero-order valence-electron chi connectivity index (χ0n) is 15.3. The van der Waals surface area contributed by atoms with Gasteiger partial charge >= 0.3 is 5.97 Å². The molecule has 2 rings (SSSR count). The van der Waals surface area contributed by atoms with Crippen molar-refractivity contribution >= 4 is 47.5 Å². The van der Waals surface area contributed by atoms with Crippen LogP contribution < -0.4 is 10.1 Å². The van der Waals surface area contributed by atoms with Crippen LogP contribution in [0.5, 0.6) is 5.88 Å². The van der Waals surface area contributed by atoms with E-state index in [0.29, 0.717) is 30.6 Å². The average molecular weight is 497 g/mol. The lowest BCUT2D eigenvalue weighted by atomic mass is 9.99. The van der Waals surface area contributed by atoms with Crippen LogP contribution in [0.3, 0.4) is 0 Å². The molecule has 0 bridgehead atoms. The third kappa shape index (κ3) is 6.46. The normalized spacial score (nSPS) is 19.7. The predicted octanol–water partition coefficient (Wildman–Crippen LogP) is 2.44. The summed E-state index contributed by atoms with van der Waals surface area (Å²) >= 11 is 5.79. The standard InChI is InChI=1S/C17H25ClN4O3.HI/c1-4-19-17(22-10-12(2)14(11-22)16(23)24-3)20-7-8-25-15-6-5-13(18)9-21-15;/h5-6,9,12,14H,4,7-8,10-11H2,1-3H3,(H,19,20);1H. The van der Waals surface area contributed by atoms with Gasteiger partial charge < -0.3 is 19.7 Å². The Morgan fingerprint density at radius 3 is 2.85 bits per heavy atom. The van der Waals surface area contributed by atoms with Crippen molar-refractivity contribution in [2.75, 3.05) is 39.9 Å². The smallest absolute Gasteiger partial charge is 0.310 e. The van der Waals surface area contributed by atoms with Crippen LogP contribution in [-0.2, 0) is 9.53 Å². The molecule has 2 atom stereocenters. The Bertz CT molecular complexity index is 600. The van der Waals surface area contributed by atoms with Crippen molar-refractivity contribution in [3.8, 4) is 5.88 Å². The first-order chi connectivity index (χ1) is 12.0. The summed E-state index contributed by atoms with van der Waals surface area (Å²) in [6.07, 6.45) is 1.54. The molecule has 26 heavy (non-hydrogen) atoms. The summed E-state index contributed by atoms with van der Waals surface area (Å²) in [5, 5.41) is 3.84. The number of aliphatic imine (C=N–C) groups is 1. The van der Waals surface area contributed by atoms with Crippen LogP contribution in [0.1, 0.15) is 13.8 Å². The first kappa shape index (κ1) is 22.8. The minimum Gasteiger partial charge on any atom is -0.476 e. The first-order valence-electron chi connectivity index (χ1n) is 8.40. The van der Waals surface area contributed by atoms with Crippen molar-refractivity contribution in [2.45, 2.75) is 13.8 Å². The van der Waals surface area contributed by atoms with E-state index in [2.05, 4.69) is 27.1 Å². The average Bonchev–Trinajstić information content (AvgIpc) is 3.00. The Morgan fingerprint density at radius 1 is 1.46 bits per heavy atom. The van der Waals surface area contributed by atoms with Crippen molar-refractivity contribution in [1.29, 1.82) is 0 Å². The van der Waals surface area contributed by atoms with Gasteiger partial charge in [0.15, 0.2) is 5.96 Å². The maximum Gasteiger partial charge on any atom is 0.310 e. The molecule has 1 fully saturated rings. The fourth-order valence-electron chi connectivity index (χ4n) is 2.77. The highest BCUT2D eigenvalue weighted by Gasteiger charge is 2.36. The van der Waals surface area contributed by atoms with Gasteiger partial charge in [0.1, 0.15) is 6.61 Å². The van der Waals surface area contributed by atoms with Gasteiger partial charge in [-0.3, -0.25) is 4.79 Å².